The van der Waals surface area contributed by atoms with Crippen molar-refractivity contribution in [1.29, 1.82) is 0 Å². The number of anilines is 2. The molecule has 3 aromatic rings. The number of aliphatic hydroxyl groups is 1. The molecule has 2 aromatic carbocycles. The average molecular weight is 929 g/mol. The Balaban J connectivity index is 0.00000193. The van der Waals surface area contributed by atoms with Crippen LogP contribution < -0.4 is 29.2 Å². The Morgan fingerprint density at radius 2 is 1.49 bits per heavy atom. The average Bonchev–Trinajstić information content (AvgIpc) is 3.88. The largest absolute Gasteiger partial charge is 0.493 e. The first kappa shape index (κ1) is 49.2. The van der Waals surface area contributed by atoms with Gasteiger partial charge in [0.15, 0.2) is 29.2 Å². The van der Waals surface area contributed by atoms with Crippen LogP contribution in [0.1, 0.15) is 52.8 Å². The lowest BCUT2D eigenvalue weighted by atomic mass is 10.1. The van der Waals surface area contributed by atoms with Crippen LogP contribution in [-0.4, -0.2) is 120 Å². The van der Waals surface area contributed by atoms with E-state index in [9.17, 15) is 34.4 Å². The van der Waals surface area contributed by atoms with Gasteiger partial charge >= 0.3 is 6.09 Å². The van der Waals surface area contributed by atoms with Gasteiger partial charge in [-0.3, -0.25) is 24.5 Å². The number of amides is 4. The molecule has 18 nitrogen and oxygen atoms in total. The first-order valence-electron chi connectivity index (χ1n) is 20.0. The molecule has 4 amide bonds. The number of unbranched alkanes of at least 4 members (excludes halogenated alkanes) is 2. The third kappa shape index (κ3) is 11.1. The van der Waals surface area contributed by atoms with Gasteiger partial charge in [-0.05, 0) is 61.1 Å². The maximum atomic E-state index is 13.9. The van der Waals surface area contributed by atoms with Gasteiger partial charge in [0.05, 0.1) is 60.9 Å². The van der Waals surface area contributed by atoms with Crippen LogP contribution in [0.25, 0.3) is 0 Å². The number of pyridine rings is 1. The Bertz CT molecular complexity index is 2350. The molecule has 4 aliphatic rings. The molecule has 0 spiro atoms. The normalized spacial score (nSPS) is 18.2. The lowest BCUT2D eigenvalue weighted by Gasteiger charge is -2.31. The van der Waals surface area contributed by atoms with E-state index in [2.05, 4.69) is 49.2 Å². The molecule has 65 heavy (non-hydrogen) atoms. The van der Waals surface area contributed by atoms with Crippen molar-refractivity contribution in [3.8, 4) is 48.7 Å². The maximum Gasteiger partial charge on any atom is 0.416 e. The molecule has 0 aliphatic carbocycles. The molecule has 7 rings (SSSR count). The topological polar surface area (TPSA) is 212 Å². The molecule has 2 fully saturated rings. The number of nitrogens with zero attached hydrogens (tertiary/aromatic N) is 5. The number of terminal acetylenes is 2. The van der Waals surface area contributed by atoms with Crippen molar-refractivity contribution in [2.45, 2.75) is 55.4 Å². The molecule has 0 radical (unpaired) electrons. The van der Waals surface area contributed by atoms with E-state index >= 15 is 0 Å². The van der Waals surface area contributed by atoms with Crippen molar-refractivity contribution in [2.75, 3.05) is 63.1 Å². The number of carbonyl (C=O) groups is 4. The third-order valence-electron chi connectivity index (χ3n) is 10.5. The molecule has 1 unspecified atom stereocenters. The van der Waals surface area contributed by atoms with E-state index in [1.807, 2.05) is 0 Å². The minimum absolute atomic E-state index is 0.0499. The zero-order valence-electron chi connectivity index (χ0n) is 35.8. The standard InChI is InChI=1S/C41H44N6O12S2.2C2H2/c1-23-14-30-37(48)43-28-18-34(32(55-3)16-26(28)38(49)44(30)21-23)57-10-6-5-7-11-58-35-19-29-27(17-33(35)56-4)39(50)45-22-24(2)15-31(45)40(51)46(29)41(52)59-12-13-60-61-36-9-8-25(20-42-36)47(53)54;2*1-2/h8-9,16-20,30-31,40,51H,1-2,5-7,10-15,21-22H2,3-4H3,(H,43,48);2*1-2H/t30?,31-,40-;;/m0../s1. The van der Waals surface area contributed by atoms with Crippen LogP contribution >= 0.6 is 21.6 Å². The van der Waals surface area contributed by atoms with Crippen LogP contribution in [0.3, 0.4) is 0 Å². The molecule has 0 bridgehead atoms. The van der Waals surface area contributed by atoms with E-state index in [0.717, 1.165) is 16.0 Å². The van der Waals surface area contributed by atoms with Crippen molar-refractivity contribution in [2.24, 2.45) is 0 Å². The minimum atomic E-state index is -1.46. The van der Waals surface area contributed by atoms with E-state index in [4.69, 9.17) is 23.7 Å². The number of nitro groups is 1. The highest BCUT2D eigenvalue weighted by molar-refractivity contribution is 8.76. The predicted octanol–water partition coefficient (Wildman–Crippen LogP) is 6.34. The molecule has 342 valence electrons. The van der Waals surface area contributed by atoms with Gasteiger partial charge in [-0.2, -0.15) is 0 Å². The van der Waals surface area contributed by atoms with Gasteiger partial charge in [0.2, 0.25) is 5.91 Å². The van der Waals surface area contributed by atoms with Gasteiger partial charge < -0.3 is 43.9 Å². The number of aromatic nitrogens is 1. The summed E-state index contributed by atoms with van der Waals surface area (Å²) in [4.78, 5) is 72.4. The van der Waals surface area contributed by atoms with Gasteiger partial charge in [-0.25, -0.2) is 14.7 Å². The first-order valence-corrected chi connectivity index (χ1v) is 22.4. The summed E-state index contributed by atoms with van der Waals surface area (Å²) in [7, 11) is 5.50. The smallest absolute Gasteiger partial charge is 0.416 e. The zero-order valence-corrected chi connectivity index (χ0v) is 37.4. The Hall–Kier alpha value is -6.87. The molecule has 2 N–H and O–H groups in total. The first-order chi connectivity index (χ1) is 31.4. The summed E-state index contributed by atoms with van der Waals surface area (Å²) in [6, 6.07) is 7.68. The highest BCUT2D eigenvalue weighted by Gasteiger charge is 2.46. The van der Waals surface area contributed by atoms with E-state index in [1.165, 1.54) is 76.1 Å². The fraction of sp³-hybridized carbons (Fsp3) is 0.356. The summed E-state index contributed by atoms with van der Waals surface area (Å²) in [6.45, 7) is 8.98. The highest BCUT2D eigenvalue weighted by atomic mass is 33.1. The maximum absolute atomic E-state index is 13.9. The number of fused-ring (bicyclic) bond motifs is 4. The number of benzene rings is 2. The number of nitrogens with one attached hydrogen (secondary N) is 1. The second-order valence-electron chi connectivity index (χ2n) is 14.6. The molecule has 0 saturated carbocycles. The SMILES string of the molecule is C#C.C#C.C=C1CC2C(=O)Nc3cc(OCCCCCOc4cc5c(cc4OC)C(=O)N4CC(=C)C[C@H]4[C@H](O)N5C(=O)OCCSSc4ccc([N+](=O)[O-])cn4)c(OC)cc3C(=O)N2C1. The number of rotatable bonds is 16. The minimum Gasteiger partial charge on any atom is -0.493 e. The van der Waals surface area contributed by atoms with Gasteiger partial charge in [0.25, 0.3) is 17.5 Å². The summed E-state index contributed by atoms with van der Waals surface area (Å²) >= 11 is 0. The van der Waals surface area contributed by atoms with Crippen molar-refractivity contribution < 1.29 is 52.9 Å². The van der Waals surface area contributed by atoms with E-state index < -0.39 is 35.2 Å². The second kappa shape index (κ2) is 22.7. The van der Waals surface area contributed by atoms with Gasteiger partial charge in [0.1, 0.15) is 23.9 Å². The molecule has 2 saturated heterocycles. The number of carbonyl (C=O) groups excluding carboxylic acids is 4. The van der Waals surface area contributed by atoms with Crippen LogP contribution in [0.2, 0.25) is 0 Å². The number of aliphatic hydroxyl groups excluding tert-OH is 1. The van der Waals surface area contributed by atoms with E-state index in [1.54, 1.807) is 12.1 Å². The van der Waals surface area contributed by atoms with E-state index in [0.29, 0.717) is 72.4 Å². The lowest BCUT2D eigenvalue weighted by Crippen LogP contribution is -2.51. The van der Waals surface area contributed by atoms with Crippen molar-refractivity contribution in [1.82, 2.24) is 14.8 Å². The molecule has 4 aliphatic heterocycles. The Kier molecular flexibility index (Phi) is 17.1. The quantitative estimate of drug-likeness (QED) is 0.0401. The second-order valence-corrected chi connectivity index (χ2v) is 17.0. The Morgan fingerprint density at radius 3 is 2.12 bits per heavy atom. The van der Waals surface area contributed by atoms with Gasteiger partial charge in [-0.1, -0.05) is 35.1 Å². The molecule has 1 aromatic heterocycles. The van der Waals surface area contributed by atoms with Gasteiger partial charge in [-0.15, -0.1) is 25.7 Å². The van der Waals surface area contributed by atoms with Crippen molar-refractivity contribution in [3.63, 3.8) is 0 Å². The lowest BCUT2D eigenvalue weighted by molar-refractivity contribution is -0.385. The number of ether oxygens (including phenoxy) is 5. The van der Waals surface area contributed by atoms with Crippen LogP contribution in [0, 0.1) is 35.8 Å². The molecular weight excluding hydrogens is 881 g/mol. The fourth-order valence-corrected chi connectivity index (χ4v) is 9.21. The highest BCUT2D eigenvalue weighted by Crippen LogP contribution is 2.43. The predicted molar refractivity (Wildman–Crippen MR) is 245 cm³/mol. The monoisotopic (exact) mass is 928 g/mol. The molecule has 3 atom stereocenters. The van der Waals surface area contributed by atoms with Crippen molar-refractivity contribution >= 4 is 62.5 Å². The van der Waals surface area contributed by atoms with Gasteiger partial charge in [0, 0.05) is 37.0 Å². The summed E-state index contributed by atoms with van der Waals surface area (Å²) in [5, 5.41) is 26.0. The summed E-state index contributed by atoms with van der Waals surface area (Å²) in [5.41, 5.74) is 2.32. The Labute approximate surface area is 384 Å². The number of methoxy groups -OCH3 is 2. The zero-order chi connectivity index (χ0) is 47.4. The Morgan fingerprint density at radius 1 is 0.877 bits per heavy atom. The van der Waals surface area contributed by atoms with Crippen molar-refractivity contribution in [3.05, 3.63) is 88.1 Å². The summed E-state index contributed by atoms with van der Waals surface area (Å²) in [5.74, 6) is 0.609. The number of hydrogen-bond acceptors (Lipinski definition) is 15. The summed E-state index contributed by atoms with van der Waals surface area (Å²) in [6.07, 6.45) is 17.4. The molecule has 20 heteroatoms. The van der Waals surface area contributed by atoms with E-state index in [-0.39, 0.29) is 66.4 Å². The number of hydrogen-bond donors (Lipinski definition) is 2. The van der Waals surface area contributed by atoms with Crippen LogP contribution in [0.4, 0.5) is 21.9 Å². The fourth-order valence-electron chi connectivity index (χ4n) is 7.52. The third-order valence-corrected chi connectivity index (χ3v) is 12.7. The molecule has 5 heterocycles. The van der Waals surface area contributed by atoms with Crippen LogP contribution in [0.15, 0.2) is 71.9 Å². The van der Waals surface area contributed by atoms with Crippen LogP contribution in [-0.2, 0) is 9.53 Å². The molecular formula is C45H48N6O12S2. The van der Waals surface area contributed by atoms with Crippen LogP contribution in [0.5, 0.6) is 23.0 Å². The summed E-state index contributed by atoms with van der Waals surface area (Å²) < 4.78 is 28.9.